The van der Waals surface area contributed by atoms with Crippen LogP contribution in [0.3, 0.4) is 0 Å². The zero-order valence-electron chi connectivity index (χ0n) is 10.8. The fraction of sp³-hybridized carbons (Fsp3) is 0.231. The SMILES string of the molecule is Cc1csc(SC(C)C(=O)Nc2c(Cl)cccc2Cl)n1. The highest BCUT2D eigenvalue weighted by atomic mass is 35.5. The van der Waals surface area contributed by atoms with E-state index in [9.17, 15) is 4.79 Å². The van der Waals surface area contributed by atoms with E-state index in [0.29, 0.717) is 15.7 Å². The van der Waals surface area contributed by atoms with Gasteiger partial charge in [0, 0.05) is 11.1 Å². The lowest BCUT2D eigenvalue weighted by atomic mass is 10.3. The molecule has 0 bridgehead atoms. The number of benzene rings is 1. The zero-order valence-corrected chi connectivity index (χ0v) is 14.0. The lowest BCUT2D eigenvalue weighted by Crippen LogP contribution is -2.22. The van der Waals surface area contributed by atoms with Crippen molar-refractivity contribution < 1.29 is 4.79 Å². The van der Waals surface area contributed by atoms with Crippen molar-refractivity contribution in [2.24, 2.45) is 0 Å². The van der Waals surface area contributed by atoms with E-state index in [2.05, 4.69) is 10.3 Å². The van der Waals surface area contributed by atoms with Gasteiger partial charge in [0.2, 0.25) is 5.91 Å². The summed E-state index contributed by atoms with van der Waals surface area (Å²) in [7, 11) is 0. The van der Waals surface area contributed by atoms with Gasteiger partial charge in [-0.25, -0.2) is 4.98 Å². The average Bonchev–Trinajstić information content (AvgIpc) is 2.79. The third-order valence-electron chi connectivity index (χ3n) is 2.46. The molecule has 0 saturated carbocycles. The van der Waals surface area contributed by atoms with Gasteiger partial charge in [-0.15, -0.1) is 11.3 Å². The molecule has 7 heteroatoms. The van der Waals surface area contributed by atoms with E-state index >= 15 is 0 Å². The molecular weight excluding hydrogens is 335 g/mol. The van der Waals surface area contributed by atoms with Crippen molar-refractivity contribution >= 4 is 57.9 Å². The number of rotatable bonds is 4. The fourth-order valence-electron chi connectivity index (χ4n) is 1.43. The highest BCUT2D eigenvalue weighted by Crippen LogP contribution is 2.32. The largest absolute Gasteiger partial charge is 0.323 e. The molecule has 0 spiro atoms. The molecule has 3 nitrogen and oxygen atoms in total. The number of carbonyl (C=O) groups is 1. The van der Waals surface area contributed by atoms with Gasteiger partial charge in [0.1, 0.15) is 0 Å². The summed E-state index contributed by atoms with van der Waals surface area (Å²) in [4.78, 5) is 16.5. The Morgan fingerprint density at radius 1 is 1.40 bits per heavy atom. The minimum Gasteiger partial charge on any atom is -0.323 e. The molecule has 1 atom stereocenters. The van der Waals surface area contributed by atoms with Gasteiger partial charge in [-0.05, 0) is 26.0 Å². The summed E-state index contributed by atoms with van der Waals surface area (Å²) >= 11 is 15.0. The van der Waals surface area contributed by atoms with Gasteiger partial charge in [-0.1, -0.05) is 41.0 Å². The van der Waals surface area contributed by atoms with Gasteiger partial charge >= 0.3 is 0 Å². The maximum Gasteiger partial charge on any atom is 0.237 e. The quantitative estimate of drug-likeness (QED) is 0.802. The first-order chi connectivity index (χ1) is 9.47. The van der Waals surface area contributed by atoms with Crippen LogP contribution in [0.25, 0.3) is 0 Å². The molecule has 0 radical (unpaired) electrons. The van der Waals surface area contributed by atoms with Crippen molar-refractivity contribution in [1.29, 1.82) is 0 Å². The van der Waals surface area contributed by atoms with Crippen LogP contribution in [-0.2, 0) is 4.79 Å². The van der Waals surface area contributed by atoms with Gasteiger partial charge in [-0.3, -0.25) is 4.79 Å². The van der Waals surface area contributed by atoms with E-state index in [1.54, 1.807) is 18.2 Å². The van der Waals surface area contributed by atoms with E-state index in [1.807, 2.05) is 19.2 Å². The zero-order chi connectivity index (χ0) is 14.7. The number of aryl methyl sites for hydroxylation is 1. The summed E-state index contributed by atoms with van der Waals surface area (Å²) in [5.74, 6) is -0.155. The number of amides is 1. The minimum absolute atomic E-state index is 0.155. The van der Waals surface area contributed by atoms with E-state index < -0.39 is 0 Å². The van der Waals surface area contributed by atoms with Crippen LogP contribution < -0.4 is 5.32 Å². The number of thiazole rings is 1. The Balaban J connectivity index is 2.04. The first kappa shape index (κ1) is 15.6. The van der Waals surface area contributed by atoms with Crippen LogP contribution in [0.4, 0.5) is 5.69 Å². The van der Waals surface area contributed by atoms with E-state index in [1.165, 1.54) is 23.1 Å². The molecule has 0 saturated heterocycles. The number of halogens is 2. The lowest BCUT2D eigenvalue weighted by Gasteiger charge is -2.12. The number of nitrogens with zero attached hydrogens (tertiary/aromatic N) is 1. The Morgan fingerprint density at radius 3 is 2.60 bits per heavy atom. The second-order valence-electron chi connectivity index (χ2n) is 4.10. The van der Waals surface area contributed by atoms with Gasteiger partial charge in [0.05, 0.1) is 21.0 Å². The number of aromatic nitrogens is 1. The molecule has 1 aromatic carbocycles. The Labute approximate surface area is 135 Å². The number of thioether (sulfide) groups is 1. The van der Waals surface area contributed by atoms with Crippen LogP contribution >= 0.6 is 46.3 Å². The van der Waals surface area contributed by atoms with E-state index in [0.717, 1.165) is 10.0 Å². The number of hydrogen-bond donors (Lipinski definition) is 1. The average molecular weight is 347 g/mol. The first-order valence-corrected chi connectivity index (χ1v) is 8.32. The van der Waals surface area contributed by atoms with Crippen LogP contribution in [0.1, 0.15) is 12.6 Å². The van der Waals surface area contributed by atoms with Crippen molar-refractivity contribution in [3.05, 3.63) is 39.3 Å². The molecule has 20 heavy (non-hydrogen) atoms. The summed E-state index contributed by atoms with van der Waals surface area (Å²) in [5.41, 5.74) is 1.41. The molecule has 2 aromatic rings. The number of hydrogen-bond acceptors (Lipinski definition) is 4. The Morgan fingerprint density at radius 2 is 2.05 bits per heavy atom. The molecule has 0 aliphatic carbocycles. The standard InChI is InChI=1S/C13H12Cl2N2OS2/c1-7-6-19-13(16-7)20-8(2)12(18)17-11-9(14)4-3-5-10(11)15/h3-6,8H,1-2H3,(H,17,18). The maximum atomic E-state index is 12.2. The molecule has 1 aromatic heterocycles. The highest BCUT2D eigenvalue weighted by molar-refractivity contribution is 8.02. The van der Waals surface area contributed by atoms with E-state index in [-0.39, 0.29) is 11.2 Å². The molecule has 0 aliphatic heterocycles. The molecule has 106 valence electrons. The van der Waals surface area contributed by atoms with Crippen molar-refractivity contribution in [1.82, 2.24) is 4.98 Å². The monoisotopic (exact) mass is 346 g/mol. The predicted octanol–water partition coefficient (Wildman–Crippen LogP) is 4.88. The summed E-state index contributed by atoms with van der Waals surface area (Å²) in [6.07, 6.45) is 0. The number of carbonyl (C=O) groups excluding carboxylic acids is 1. The summed E-state index contributed by atoms with van der Waals surface area (Å²) in [5, 5.41) is 5.28. The third kappa shape index (κ3) is 3.88. The molecule has 0 aliphatic rings. The van der Waals surface area contributed by atoms with Crippen LogP contribution in [0.15, 0.2) is 27.9 Å². The maximum absolute atomic E-state index is 12.2. The minimum atomic E-state index is -0.284. The number of nitrogens with one attached hydrogen (secondary N) is 1. The Bertz CT molecular complexity index is 610. The first-order valence-electron chi connectivity index (χ1n) is 5.81. The van der Waals surface area contributed by atoms with E-state index in [4.69, 9.17) is 23.2 Å². The lowest BCUT2D eigenvalue weighted by molar-refractivity contribution is -0.115. The van der Waals surface area contributed by atoms with Crippen molar-refractivity contribution in [2.75, 3.05) is 5.32 Å². The third-order valence-corrected chi connectivity index (χ3v) is 5.28. The summed E-state index contributed by atoms with van der Waals surface area (Å²) in [6, 6.07) is 5.10. The smallest absolute Gasteiger partial charge is 0.237 e. The summed E-state index contributed by atoms with van der Waals surface area (Å²) in [6.45, 7) is 3.75. The molecule has 1 N–H and O–H groups in total. The van der Waals surface area contributed by atoms with Crippen molar-refractivity contribution in [2.45, 2.75) is 23.4 Å². The van der Waals surface area contributed by atoms with Gasteiger partial charge in [0.25, 0.3) is 0 Å². The van der Waals surface area contributed by atoms with Crippen LogP contribution in [0.2, 0.25) is 10.0 Å². The van der Waals surface area contributed by atoms with Crippen LogP contribution in [0.5, 0.6) is 0 Å². The normalized spacial score (nSPS) is 12.2. The van der Waals surface area contributed by atoms with Crippen LogP contribution in [-0.4, -0.2) is 16.1 Å². The number of anilines is 1. The molecule has 1 unspecified atom stereocenters. The fourth-order valence-corrected chi connectivity index (χ4v) is 3.91. The second-order valence-corrected chi connectivity index (χ2v) is 7.36. The van der Waals surface area contributed by atoms with Gasteiger partial charge in [0.15, 0.2) is 4.34 Å². The Hall–Kier alpha value is -0.750. The predicted molar refractivity (Wildman–Crippen MR) is 87.3 cm³/mol. The molecule has 1 amide bonds. The topological polar surface area (TPSA) is 42.0 Å². The molecule has 0 fully saturated rings. The van der Waals surface area contributed by atoms with Crippen molar-refractivity contribution in [3.8, 4) is 0 Å². The van der Waals surface area contributed by atoms with Gasteiger partial charge in [-0.2, -0.15) is 0 Å². The Kier molecular flexibility index (Phi) is 5.32. The molecule has 1 heterocycles. The highest BCUT2D eigenvalue weighted by Gasteiger charge is 2.18. The van der Waals surface area contributed by atoms with Gasteiger partial charge < -0.3 is 5.32 Å². The molecular formula is C13H12Cl2N2OS2. The second kappa shape index (κ2) is 6.80. The van der Waals surface area contributed by atoms with Crippen LogP contribution in [0, 0.1) is 6.92 Å². The molecule has 2 rings (SSSR count). The number of para-hydroxylation sites is 1. The van der Waals surface area contributed by atoms with Crippen molar-refractivity contribution in [3.63, 3.8) is 0 Å². The summed E-state index contributed by atoms with van der Waals surface area (Å²) < 4.78 is 0.871.